The van der Waals surface area contributed by atoms with E-state index in [2.05, 4.69) is 22.4 Å². The summed E-state index contributed by atoms with van der Waals surface area (Å²) in [6, 6.07) is 19.2. The molecule has 0 fully saturated rings. The lowest BCUT2D eigenvalue weighted by molar-refractivity contribution is 0.0755. The molecule has 0 radical (unpaired) electrons. The Morgan fingerprint density at radius 3 is 2.68 bits per heavy atom. The zero-order valence-electron chi connectivity index (χ0n) is 19.5. The van der Waals surface area contributed by atoms with Crippen LogP contribution in [0, 0.1) is 0 Å². The fraction of sp³-hybridized carbons (Fsp3) is 0.308. The van der Waals surface area contributed by atoms with Crippen molar-refractivity contribution in [2.24, 2.45) is 0 Å². The zero-order valence-corrected chi connectivity index (χ0v) is 20.3. The molecule has 0 saturated carbocycles. The minimum atomic E-state index is -0.0882. The number of hydrogen-bond donors (Lipinski definition) is 2. The third-order valence-electron chi connectivity index (χ3n) is 5.97. The van der Waals surface area contributed by atoms with E-state index in [1.54, 1.807) is 17.0 Å². The maximum atomic E-state index is 13.2. The number of anilines is 2. The van der Waals surface area contributed by atoms with Gasteiger partial charge >= 0.3 is 0 Å². The molecule has 3 N–H and O–H groups in total. The molecule has 1 aliphatic rings. The summed E-state index contributed by atoms with van der Waals surface area (Å²) < 4.78 is 6.31. The number of benzene rings is 2. The quantitative estimate of drug-likeness (QED) is 0.505. The van der Waals surface area contributed by atoms with Gasteiger partial charge in [0, 0.05) is 38.1 Å². The van der Waals surface area contributed by atoms with Crippen LogP contribution in [0.2, 0.25) is 5.02 Å². The molecule has 178 valence electrons. The number of amides is 1. The summed E-state index contributed by atoms with van der Waals surface area (Å²) >= 11 is 6.65. The molecule has 1 atom stereocenters. The first-order valence-electron chi connectivity index (χ1n) is 11.4. The van der Waals surface area contributed by atoms with Crippen molar-refractivity contribution in [3.8, 4) is 5.75 Å². The number of ether oxygens (including phenoxy) is 1. The molecule has 1 aromatic heterocycles. The standard InChI is InChI=1S/C26H30ClN5O2/c1-29-13-12-23(18-6-4-3-5-7-18)34-20-9-8-19(22(27)16-20)17-32-15-14-31(2)25-21(26(32)33)10-11-24(28)30-25/h3-11,16,23,29H,12-15,17H2,1-2H3,(H2,28,30)/t23-/m0/s1. The van der Waals surface area contributed by atoms with Crippen LogP contribution >= 0.6 is 11.6 Å². The van der Waals surface area contributed by atoms with Crippen molar-refractivity contribution >= 4 is 29.1 Å². The largest absolute Gasteiger partial charge is 0.486 e. The Labute approximate surface area is 205 Å². The molecule has 0 saturated heterocycles. The molecule has 2 aromatic carbocycles. The van der Waals surface area contributed by atoms with Gasteiger partial charge in [-0.25, -0.2) is 4.98 Å². The van der Waals surface area contributed by atoms with Crippen LogP contribution in [-0.2, 0) is 6.54 Å². The predicted molar refractivity (Wildman–Crippen MR) is 136 cm³/mol. The Morgan fingerprint density at radius 1 is 1.15 bits per heavy atom. The summed E-state index contributed by atoms with van der Waals surface area (Å²) in [5, 5.41) is 3.75. The molecule has 3 aromatic rings. The summed E-state index contributed by atoms with van der Waals surface area (Å²) in [5.41, 5.74) is 8.36. The fourth-order valence-electron chi connectivity index (χ4n) is 4.06. The van der Waals surface area contributed by atoms with Crippen LogP contribution in [0.5, 0.6) is 5.75 Å². The number of carbonyl (C=O) groups excluding carboxylic acids is 1. The van der Waals surface area contributed by atoms with Crippen molar-refractivity contribution in [2.75, 3.05) is 44.4 Å². The van der Waals surface area contributed by atoms with Gasteiger partial charge in [0.15, 0.2) is 0 Å². The minimum Gasteiger partial charge on any atom is -0.486 e. The molecule has 0 bridgehead atoms. The first kappa shape index (κ1) is 23.9. The number of nitrogen functional groups attached to an aromatic ring is 1. The van der Waals surface area contributed by atoms with Crippen molar-refractivity contribution in [1.29, 1.82) is 0 Å². The zero-order chi connectivity index (χ0) is 24.1. The molecule has 7 nitrogen and oxygen atoms in total. The van der Waals surface area contributed by atoms with Crippen LogP contribution in [0.15, 0.2) is 60.7 Å². The second kappa shape index (κ2) is 10.8. The number of aromatic nitrogens is 1. The van der Waals surface area contributed by atoms with Gasteiger partial charge in [-0.3, -0.25) is 4.79 Å². The van der Waals surface area contributed by atoms with Crippen molar-refractivity contribution in [2.45, 2.75) is 19.1 Å². The van der Waals surface area contributed by atoms with E-state index in [0.717, 1.165) is 24.1 Å². The fourth-order valence-corrected chi connectivity index (χ4v) is 4.29. The number of hydrogen-bond acceptors (Lipinski definition) is 6. The van der Waals surface area contributed by atoms with E-state index in [1.807, 2.05) is 55.4 Å². The number of nitrogens with two attached hydrogens (primary N) is 1. The first-order chi connectivity index (χ1) is 16.5. The molecule has 4 rings (SSSR count). The summed E-state index contributed by atoms with van der Waals surface area (Å²) in [6.07, 6.45) is 0.739. The third-order valence-corrected chi connectivity index (χ3v) is 6.32. The Bertz CT molecular complexity index is 1140. The number of carbonyl (C=O) groups is 1. The molecule has 0 aliphatic carbocycles. The van der Waals surface area contributed by atoms with Gasteiger partial charge in [0.2, 0.25) is 0 Å². The number of pyridine rings is 1. The third kappa shape index (κ3) is 5.43. The smallest absolute Gasteiger partial charge is 0.257 e. The molecule has 1 amide bonds. The van der Waals surface area contributed by atoms with Crippen LogP contribution in [0.4, 0.5) is 11.6 Å². The van der Waals surface area contributed by atoms with Gasteiger partial charge in [-0.1, -0.05) is 48.0 Å². The maximum absolute atomic E-state index is 13.2. The molecule has 8 heteroatoms. The highest BCUT2D eigenvalue weighted by atomic mass is 35.5. The van der Waals surface area contributed by atoms with Crippen LogP contribution in [0.3, 0.4) is 0 Å². The van der Waals surface area contributed by atoms with Crippen LogP contribution in [-0.4, -0.2) is 49.5 Å². The normalized spacial score (nSPS) is 14.5. The van der Waals surface area contributed by atoms with Gasteiger partial charge in [-0.2, -0.15) is 0 Å². The highest BCUT2D eigenvalue weighted by molar-refractivity contribution is 6.31. The van der Waals surface area contributed by atoms with E-state index in [1.165, 1.54) is 0 Å². The van der Waals surface area contributed by atoms with E-state index in [-0.39, 0.29) is 12.0 Å². The Kier molecular flexibility index (Phi) is 7.55. The van der Waals surface area contributed by atoms with Crippen LogP contribution in [0.25, 0.3) is 0 Å². The number of nitrogens with zero attached hydrogens (tertiary/aromatic N) is 3. The minimum absolute atomic E-state index is 0.0838. The van der Waals surface area contributed by atoms with Gasteiger partial charge in [0.25, 0.3) is 5.91 Å². The predicted octanol–water partition coefficient (Wildman–Crippen LogP) is 4.14. The van der Waals surface area contributed by atoms with Gasteiger partial charge < -0.3 is 25.6 Å². The lowest BCUT2D eigenvalue weighted by atomic mass is 10.1. The average Bonchev–Trinajstić information content (AvgIpc) is 2.95. The highest BCUT2D eigenvalue weighted by Gasteiger charge is 2.26. The summed E-state index contributed by atoms with van der Waals surface area (Å²) in [7, 11) is 3.84. The number of rotatable bonds is 8. The van der Waals surface area contributed by atoms with Crippen molar-refractivity contribution in [3.63, 3.8) is 0 Å². The highest BCUT2D eigenvalue weighted by Crippen LogP contribution is 2.30. The van der Waals surface area contributed by atoms with E-state index in [0.29, 0.717) is 47.6 Å². The topological polar surface area (TPSA) is 83.7 Å². The van der Waals surface area contributed by atoms with Gasteiger partial charge in [-0.15, -0.1) is 0 Å². The summed E-state index contributed by atoms with van der Waals surface area (Å²) in [6.45, 7) is 2.44. The average molecular weight is 480 g/mol. The van der Waals surface area contributed by atoms with Gasteiger partial charge in [-0.05, 0) is 49.0 Å². The second-order valence-electron chi connectivity index (χ2n) is 8.42. The molecule has 1 aliphatic heterocycles. The SMILES string of the molecule is CNCC[C@H](Oc1ccc(CN2CCN(C)c3nc(N)ccc3C2=O)c(Cl)c1)c1ccccc1. The monoisotopic (exact) mass is 479 g/mol. The first-order valence-corrected chi connectivity index (χ1v) is 11.8. The Hall–Kier alpha value is -3.29. The summed E-state index contributed by atoms with van der Waals surface area (Å²) in [4.78, 5) is 21.3. The molecule has 34 heavy (non-hydrogen) atoms. The van der Waals surface area contributed by atoms with Crippen LogP contribution < -0.4 is 20.7 Å². The van der Waals surface area contributed by atoms with E-state index in [4.69, 9.17) is 22.1 Å². The van der Waals surface area contributed by atoms with E-state index in [9.17, 15) is 4.79 Å². The van der Waals surface area contributed by atoms with Gasteiger partial charge in [0.05, 0.1) is 5.56 Å². The molecule has 0 spiro atoms. The molecular formula is C26H30ClN5O2. The van der Waals surface area contributed by atoms with Crippen LogP contribution in [0.1, 0.15) is 34.0 Å². The van der Waals surface area contributed by atoms with E-state index >= 15 is 0 Å². The molecule has 0 unspecified atom stereocenters. The number of likely N-dealkylation sites (N-methyl/N-ethyl adjacent to an activating group) is 1. The second-order valence-corrected chi connectivity index (χ2v) is 8.83. The number of halogens is 1. The Balaban J connectivity index is 1.51. The van der Waals surface area contributed by atoms with Crippen molar-refractivity contribution < 1.29 is 9.53 Å². The Morgan fingerprint density at radius 2 is 1.94 bits per heavy atom. The summed E-state index contributed by atoms with van der Waals surface area (Å²) in [5.74, 6) is 1.62. The number of nitrogens with one attached hydrogen (secondary N) is 1. The maximum Gasteiger partial charge on any atom is 0.257 e. The van der Waals surface area contributed by atoms with Crippen molar-refractivity contribution in [3.05, 3.63) is 82.4 Å². The van der Waals surface area contributed by atoms with Crippen molar-refractivity contribution in [1.82, 2.24) is 15.2 Å². The van der Waals surface area contributed by atoms with E-state index < -0.39 is 0 Å². The molecular weight excluding hydrogens is 450 g/mol. The van der Waals surface area contributed by atoms with Gasteiger partial charge in [0.1, 0.15) is 23.5 Å². The molecule has 2 heterocycles. The lowest BCUT2D eigenvalue weighted by Gasteiger charge is -2.23. The lowest BCUT2D eigenvalue weighted by Crippen LogP contribution is -2.33. The number of fused-ring (bicyclic) bond motifs is 1.